The summed E-state index contributed by atoms with van der Waals surface area (Å²) in [4.78, 5) is 9.82. The van der Waals surface area contributed by atoms with Gasteiger partial charge < -0.3 is 14.4 Å². The van der Waals surface area contributed by atoms with E-state index >= 15 is 0 Å². The Bertz CT molecular complexity index is 991. The molecule has 4 heteroatoms. The Morgan fingerprint density at radius 1 is 0.960 bits per heavy atom. The van der Waals surface area contributed by atoms with Crippen LogP contribution in [0.25, 0.3) is 16.6 Å². The summed E-state index contributed by atoms with van der Waals surface area (Å²) in [5.74, 6) is 0. The second-order valence-corrected chi connectivity index (χ2v) is 7.12. The van der Waals surface area contributed by atoms with Crippen LogP contribution < -0.4 is 4.90 Å². The molecule has 3 aromatic rings. The zero-order valence-corrected chi connectivity index (χ0v) is 14.7. The molecule has 4 nitrogen and oxygen atoms in total. The van der Waals surface area contributed by atoms with E-state index < -0.39 is 0 Å². The summed E-state index contributed by atoms with van der Waals surface area (Å²) in [5.41, 5.74) is 7.26. The predicted molar refractivity (Wildman–Crippen MR) is 105 cm³/mol. The predicted octanol–water partition coefficient (Wildman–Crippen LogP) is 3.75. The lowest BCUT2D eigenvalue weighted by Gasteiger charge is -2.35. The lowest BCUT2D eigenvalue weighted by Crippen LogP contribution is -2.44. The Morgan fingerprint density at radius 2 is 1.80 bits per heavy atom. The molecule has 0 bridgehead atoms. The van der Waals surface area contributed by atoms with Crippen LogP contribution in [0.1, 0.15) is 11.1 Å². The molecule has 0 amide bonds. The van der Waals surface area contributed by atoms with E-state index in [1.165, 1.54) is 33.4 Å². The van der Waals surface area contributed by atoms with Gasteiger partial charge in [0.2, 0.25) is 0 Å². The SMILES string of the molecule is Cc1ccc(N2CCN(C)CC2)c2c1-n1ccc3cccc(c31)C=N2. The summed E-state index contributed by atoms with van der Waals surface area (Å²) in [7, 11) is 2.19. The molecule has 0 N–H and O–H groups in total. The van der Waals surface area contributed by atoms with Gasteiger partial charge >= 0.3 is 0 Å². The van der Waals surface area contributed by atoms with Gasteiger partial charge in [0.15, 0.2) is 0 Å². The number of fused-ring (bicyclic) bond motifs is 2. The van der Waals surface area contributed by atoms with Crippen molar-refractivity contribution in [1.29, 1.82) is 0 Å². The minimum Gasteiger partial charge on any atom is -0.367 e. The number of aromatic nitrogens is 1. The molecule has 2 aliphatic heterocycles. The molecule has 0 spiro atoms. The molecular weight excluding hydrogens is 308 g/mol. The Hall–Kier alpha value is -2.59. The number of rotatable bonds is 1. The van der Waals surface area contributed by atoms with Gasteiger partial charge in [0.05, 0.1) is 16.9 Å². The zero-order chi connectivity index (χ0) is 17.0. The molecule has 3 heterocycles. The van der Waals surface area contributed by atoms with Gasteiger partial charge in [-0.2, -0.15) is 0 Å². The lowest BCUT2D eigenvalue weighted by molar-refractivity contribution is 0.313. The smallest absolute Gasteiger partial charge is 0.111 e. The lowest BCUT2D eigenvalue weighted by atomic mass is 10.1. The van der Waals surface area contributed by atoms with Crippen LogP contribution in [0.3, 0.4) is 0 Å². The summed E-state index contributed by atoms with van der Waals surface area (Å²) in [5, 5.41) is 1.27. The van der Waals surface area contributed by atoms with Crippen molar-refractivity contribution < 1.29 is 0 Å². The van der Waals surface area contributed by atoms with Crippen molar-refractivity contribution >= 4 is 28.5 Å². The van der Waals surface area contributed by atoms with Crippen molar-refractivity contribution in [3.05, 3.63) is 53.7 Å². The highest BCUT2D eigenvalue weighted by atomic mass is 15.3. The Kier molecular flexibility index (Phi) is 3.22. The molecule has 0 radical (unpaired) electrons. The number of nitrogens with zero attached hydrogens (tertiary/aromatic N) is 4. The minimum absolute atomic E-state index is 1.05. The van der Waals surface area contributed by atoms with Crippen molar-refractivity contribution in [1.82, 2.24) is 9.47 Å². The monoisotopic (exact) mass is 330 g/mol. The first-order valence-corrected chi connectivity index (χ1v) is 8.94. The number of likely N-dealkylation sites (N-methyl/N-ethyl adjacent to an activating group) is 1. The van der Waals surface area contributed by atoms with Crippen molar-refractivity contribution in [3.63, 3.8) is 0 Å². The minimum atomic E-state index is 1.05. The third-order valence-corrected chi connectivity index (χ3v) is 5.49. The highest BCUT2D eigenvalue weighted by Crippen LogP contribution is 2.41. The highest BCUT2D eigenvalue weighted by Gasteiger charge is 2.23. The number of para-hydroxylation sites is 1. The van der Waals surface area contributed by atoms with Crippen LogP contribution in [-0.2, 0) is 0 Å². The maximum Gasteiger partial charge on any atom is 0.111 e. The first-order chi connectivity index (χ1) is 12.2. The van der Waals surface area contributed by atoms with Gasteiger partial charge in [-0.25, -0.2) is 0 Å². The van der Waals surface area contributed by atoms with Gasteiger partial charge in [-0.1, -0.05) is 24.3 Å². The fraction of sp³-hybridized carbons (Fsp3) is 0.286. The quantitative estimate of drug-likeness (QED) is 0.531. The topological polar surface area (TPSA) is 23.8 Å². The van der Waals surface area contributed by atoms with Gasteiger partial charge in [-0.15, -0.1) is 0 Å². The maximum atomic E-state index is 4.95. The van der Waals surface area contributed by atoms with Crippen LogP contribution in [0.2, 0.25) is 0 Å². The number of piperazine rings is 1. The second kappa shape index (κ2) is 5.46. The van der Waals surface area contributed by atoms with Crippen LogP contribution in [0.15, 0.2) is 47.6 Å². The van der Waals surface area contributed by atoms with Gasteiger partial charge in [0.25, 0.3) is 0 Å². The summed E-state index contributed by atoms with van der Waals surface area (Å²) in [6, 6.07) is 13.1. The van der Waals surface area contributed by atoms with Crippen LogP contribution >= 0.6 is 0 Å². The first kappa shape index (κ1) is 14.7. The summed E-state index contributed by atoms with van der Waals surface area (Å²) < 4.78 is 2.32. The van der Waals surface area contributed by atoms with E-state index in [4.69, 9.17) is 4.99 Å². The fourth-order valence-electron chi connectivity index (χ4n) is 4.05. The third-order valence-electron chi connectivity index (χ3n) is 5.49. The normalized spacial score (nSPS) is 17.0. The van der Waals surface area contributed by atoms with E-state index in [1.807, 2.05) is 6.21 Å². The molecule has 5 rings (SSSR count). The molecule has 1 fully saturated rings. The summed E-state index contributed by atoms with van der Waals surface area (Å²) in [6.45, 7) is 6.48. The zero-order valence-electron chi connectivity index (χ0n) is 14.7. The molecule has 2 aromatic carbocycles. The van der Waals surface area contributed by atoms with E-state index in [2.05, 4.69) is 70.9 Å². The molecule has 0 aliphatic carbocycles. The number of benzene rings is 2. The van der Waals surface area contributed by atoms with Crippen molar-refractivity contribution in [2.45, 2.75) is 6.92 Å². The molecule has 0 saturated carbocycles. The average Bonchev–Trinajstić information content (AvgIpc) is 2.97. The van der Waals surface area contributed by atoms with E-state index in [0.29, 0.717) is 0 Å². The number of aliphatic imine (C=N–C) groups is 1. The van der Waals surface area contributed by atoms with Crippen LogP contribution in [0.4, 0.5) is 11.4 Å². The standard InChI is InChI=1S/C21H22N4/c1-15-6-7-18(24-12-10-23(2)11-13-24)19-20(15)25-9-8-16-4-3-5-17(14-22-19)21(16)25/h3-9,14H,10-13H2,1-2H3. The molecule has 1 aromatic heterocycles. The Morgan fingerprint density at radius 3 is 2.64 bits per heavy atom. The van der Waals surface area contributed by atoms with Gasteiger partial charge in [0.1, 0.15) is 5.69 Å². The van der Waals surface area contributed by atoms with Crippen molar-refractivity contribution in [3.8, 4) is 5.69 Å². The molecule has 0 unspecified atom stereocenters. The first-order valence-electron chi connectivity index (χ1n) is 8.94. The largest absolute Gasteiger partial charge is 0.367 e. The van der Waals surface area contributed by atoms with E-state index in [-0.39, 0.29) is 0 Å². The Labute approximate surface area is 148 Å². The van der Waals surface area contributed by atoms with Crippen LogP contribution in [0, 0.1) is 6.92 Å². The Balaban J connectivity index is 1.74. The van der Waals surface area contributed by atoms with Gasteiger partial charge in [-0.05, 0) is 31.7 Å². The number of hydrogen-bond donors (Lipinski definition) is 0. The molecule has 2 aliphatic rings. The molecule has 126 valence electrons. The third kappa shape index (κ3) is 2.21. The highest BCUT2D eigenvalue weighted by molar-refractivity contribution is 6.03. The van der Waals surface area contributed by atoms with Crippen LogP contribution in [-0.4, -0.2) is 48.9 Å². The maximum absolute atomic E-state index is 4.95. The molecule has 25 heavy (non-hydrogen) atoms. The van der Waals surface area contributed by atoms with E-state index in [0.717, 1.165) is 31.9 Å². The van der Waals surface area contributed by atoms with E-state index in [9.17, 15) is 0 Å². The molecule has 1 saturated heterocycles. The number of hydrogen-bond acceptors (Lipinski definition) is 3. The average molecular weight is 330 g/mol. The summed E-state index contributed by atoms with van der Waals surface area (Å²) in [6.07, 6.45) is 4.21. The fourth-order valence-corrected chi connectivity index (χ4v) is 4.05. The van der Waals surface area contributed by atoms with Crippen molar-refractivity contribution in [2.24, 2.45) is 4.99 Å². The van der Waals surface area contributed by atoms with E-state index in [1.54, 1.807) is 0 Å². The van der Waals surface area contributed by atoms with Crippen molar-refractivity contribution in [2.75, 3.05) is 38.1 Å². The number of aryl methyl sites for hydroxylation is 1. The van der Waals surface area contributed by atoms with Gasteiger partial charge in [-0.3, -0.25) is 4.99 Å². The van der Waals surface area contributed by atoms with Gasteiger partial charge in [0, 0.05) is 49.5 Å². The molecular formula is C21H22N4. The summed E-state index contributed by atoms with van der Waals surface area (Å²) >= 11 is 0. The number of anilines is 1. The molecule has 0 atom stereocenters. The second-order valence-electron chi connectivity index (χ2n) is 7.12. The van der Waals surface area contributed by atoms with Crippen LogP contribution in [0.5, 0.6) is 0 Å².